The van der Waals surface area contributed by atoms with Crippen molar-refractivity contribution in [2.75, 3.05) is 14.2 Å². The van der Waals surface area contributed by atoms with Crippen LogP contribution >= 0.6 is 27.5 Å². The van der Waals surface area contributed by atoms with Crippen molar-refractivity contribution in [1.29, 1.82) is 0 Å². The topological polar surface area (TPSA) is 27.7 Å². The number of fused-ring (bicyclic) bond motifs is 1. The number of ether oxygens (including phenoxy) is 3. The third-order valence-electron chi connectivity index (χ3n) is 3.76. The van der Waals surface area contributed by atoms with Crippen molar-refractivity contribution in [3.05, 3.63) is 63.6 Å². The molecule has 0 radical (unpaired) electrons. The van der Waals surface area contributed by atoms with Gasteiger partial charge < -0.3 is 14.2 Å². The van der Waals surface area contributed by atoms with Crippen LogP contribution in [-0.4, -0.2) is 14.2 Å². The average molecular weight is 408 g/mol. The van der Waals surface area contributed by atoms with Crippen LogP contribution in [0.2, 0.25) is 5.02 Å². The van der Waals surface area contributed by atoms with Gasteiger partial charge in [-0.2, -0.15) is 0 Å². The number of halogens is 2. The minimum atomic E-state index is 0.382. The molecule has 124 valence electrons. The van der Waals surface area contributed by atoms with E-state index in [0.29, 0.717) is 17.4 Å². The molecule has 0 N–H and O–H groups in total. The first-order valence-corrected chi connectivity index (χ1v) is 8.51. The van der Waals surface area contributed by atoms with Gasteiger partial charge in [0.15, 0.2) is 0 Å². The Morgan fingerprint density at radius 1 is 0.917 bits per heavy atom. The number of benzene rings is 3. The highest BCUT2D eigenvalue weighted by Gasteiger charge is 2.10. The number of rotatable bonds is 5. The molecule has 5 heteroatoms. The van der Waals surface area contributed by atoms with Crippen molar-refractivity contribution in [3.8, 4) is 17.2 Å². The summed E-state index contributed by atoms with van der Waals surface area (Å²) in [5, 5.41) is 2.51. The van der Waals surface area contributed by atoms with Gasteiger partial charge in [-0.25, -0.2) is 0 Å². The molecule has 3 aromatic rings. The van der Waals surface area contributed by atoms with Gasteiger partial charge in [-0.15, -0.1) is 0 Å². The molecule has 24 heavy (non-hydrogen) atoms. The van der Waals surface area contributed by atoms with Crippen LogP contribution in [0.3, 0.4) is 0 Å². The molecule has 3 nitrogen and oxygen atoms in total. The molecule has 3 aromatic carbocycles. The van der Waals surface area contributed by atoms with Crippen LogP contribution in [0.5, 0.6) is 17.2 Å². The van der Waals surface area contributed by atoms with E-state index in [-0.39, 0.29) is 0 Å². The molecule has 0 atom stereocenters. The second-order valence-corrected chi connectivity index (χ2v) is 6.44. The quantitative estimate of drug-likeness (QED) is 0.531. The molecule has 0 saturated heterocycles. The summed E-state index contributed by atoms with van der Waals surface area (Å²) in [6.45, 7) is 0.382. The van der Waals surface area contributed by atoms with Crippen molar-refractivity contribution in [3.63, 3.8) is 0 Å². The Morgan fingerprint density at radius 3 is 2.33 bits per heavy atom. The lowest BCUT2D eigenvalue weighted by Crippen LogP contribution is -1.98. The van der Waals surface area contributed by atoms with Gasteiger partial charge in [-0.05, 0) is 41.8 Å². The van der Waals surface area contributed by atoms with Gasteiger partial charge >= 0.3 is 0 Å². The van der Waals surface area contributed by atoms with Crippen LogP contribution in [0.4, 0.5) is 0 Å². The van der Waals surface area contributed by atoms with E-state index in [1.807, 2.05) is 48.5 Å². The third-order valence-corrected chi connectivity index (χ3v) is 4.93. The first-order chi connectivity index (χ1) is 11.6. The summed E-state index contributed by atoms with van der Waals surface area (Å²) in [7, 11) is 3.28. The zero-order valence-corrected chi connectivity index (χ0v) is 15.6. The molecule has 0 aliphatic carbocycles. The third kappa shape index (κ3) is 3.45. The molecule has 3 rings (SSSR count). The van der Waals surface area contributed by atoms with Crippen molar-refractivity contribution in [1.82, 2.24) is 0 Å². The highest BCUT2D eigenvalue weighted by molar-refractivity contribution is 9.10. The number of methoxy groups -OCH3 is 2. The Hall–Kier alpha value is -1.91. The molecule has 0 fully saturated rings. The van der Waals surface area contributed by atoms with Gasteiger partial charge in [0.2, 0.25) is 0 Å². The molecular weight excluding hydrogens is 392 g/mol. The minimum Gasteiger partial charge on any atom is -0.497 e. The largest absolute Gasteiger partial charge is 0.497 e. The van der Waals surface area contributed by atoms with E-state index >= 15 is 0 Å². The second kappa shape index (κ2) is 7.32. The summed E-state index contributed by atoms with van der Waals surface area (Å²) in [6, 6.07) is 15.4. The zero-order chi connectivity index (χ0) is 17.1. The van der Waals surface area contributed by atoms with E-state index in [9.17, 15) is 0 Å². The van der Waals surface area contributed by atoms with Crippen molar-refractivity contribution >= 4 is 38.3 Å². The smallest absolute Gasteiger partial charge is 0.139 e. The highest BCUT2D eigenvalue weighted by atomic mass is 79.9. The van der Waals surface area contributed by atoms with Gasteiger partial charge in [0.05, 0.1) is 19.2 Å². The van der Waals surface area contributed by atoms with Crippen molar-refractivity contribution < 1.29 is 14.2 Å². The summed E-state index contributed by atoms with van der Waals surface area (Å²) in [6.07, 6.45) is 0. The molecule has 0 amide bonds. The van der Waals surface area contributed by atoms with Crippen LogP contribution in [0.15, 0.2) is 53.0 Å². The van der Waals surface area contributed by atoms with Crippen LogP contribution in [-0.2, 0) is 6.61 Å². The molecule has 0 heterocycles. The Kier molecular flexibility index (Phi) is 5.17. The maximum atomic E-state index is 6.52. The second-order valence-electron chi connectivity index (χ2n) is 5.21. The van der Waals surface area contributed by atoms with Crippen LogP contribution in [0.1, 0.15) is 5.56 Å². The van der Waals surface area contributed by atoms with Crippen LogP contribution < -0.4 is 14.2 Å². The average Bonchev–Trinajstić information content (AvgIpc) is 2.62. The lowest BCUT2D eigenvalue weighted by molar-refractivity contribution is 0.305. The fourth-order valence-corrected chi connectivity index (χ4v) is 3.07. The molecule has 0 aliphatic heterocycles. The summed E-state index contributed by atoms with van der Waals surface area (Å²) >= 11 is 10.0. The molecular formula is C19H16BrClO3. The van der Waals surface area contributed by atoms with E-state index in [2.05, 4.69) is 15.9 Å². The highest BCUT2D eigenvalue weighted by Crippen LogP contribution is 2.35. The fraction of sp³-hybridized carbons (Fsp3) is 0.158. The Labute approximate surface area is 154 Å². The Bertz CT molecular complexity index is 880. The summed E-state index contributed by atoms with van der Waals surface area (Å²) in [5.41, 5.74) is 0.983. The molecule has 0 bridgehead atoms. The molecule has 0 spiro atoms. The van der Waals surface area contributed by atoms with E-state index < -0.39 is 0 Å². The molecule has 0 aliphatic rings. The standard InChI is InChI=1S/C19H16BrClO3/c1-22-14-6-7-17(20)13(9-14)11-24-18-8-4-12-3-5-15(23-2)10-16(12)19(18)21/h3-10H,11H2,1-2H3. The summed E-state index contributed by atoms with van der Waals surface area (Å²) in [4.78, 5) is 0. The Balaban J connectivity index is 1.89. The molecule has 0 aromatic heterocycles. The van der Waals surface area contributed by atoms with Crippen LogP contribution in [0.25, 0.3) is 10.8 Å². The lowest BCUT2D eigenvalue weighted by Gasteiger charge is -2.12. The Morgan fingerprint density at radius 2 is 1.58 bits per heavy atom. The van der Waals surface area contributed by atoms with Gasteiger partial charge in [-0.1, -0.05) is 39.7 Å². The van der Waals surface area contributed by atoms with Crippen molar-refractivity contribution in [2.45, 2.75) is 6.61 Å². The predicted molar refractivity (Wildman–Crippen MR) is 101 cm³/mol. The molecule has 0 saturated carbocycles. The fourth-order valence-electron chi connectivity index (χ4n) is 2.42. The van der Waals surface area contributed by atoms with E-state index in [1.54, 1.807) is 14.2 Å². The predicted octanol–water partition coefficient (Wildman–Crippen LogP) is 5.85. The monoisotopic (exact) mass is 406 g/mol. The van der Waals surface area contributed by atoms with Gasteiger partial charge in [0.1, 0.15) is 23.9 Å². The van der Waals surface area contributed by atoms with E-state index in [4.69, 9.17) is 25.8 Å². The molecule has 0 unspecified atom stereocenters. The lowest BCUT2D eigenvalue weighted by atomic mass is 10.1. The van der Waals surface area contributed by atoms with Gasteiger partial charge in [0, 0.05) is 15.4 Å². The summed E-state index contributed by atoms with van der Waals surface area (Å²) in [5.74, 6) is 2.18. The van der Waals surface area contributed by atoms with E-state index in [1.165, 1.54) is 0 Å². The van der Waals surface area contributed by atoms with E-state index in [0.717, 1.165) is 32.3 Å². The summed E-state index contributed by atoms with van der Waals surface area (Å²) < 4.78 is 17.4. The number of hydrogen-bond acceptors (Lipinski definition) is 3. The first-order valence-electron chi connectivity index (χ1n) is 7.34. The SMILES string of the molecule is COc1ccc(Br)c(COc2ccc3ccc(OC)cc3c2Cl)c1. The van der Waals surface area contributed by atoms with Crippen LogP contribution in [0, 0.1) is 0 Å². The van der Waals surface area contributed by atoms with Crippen molar-refractivity contribution in [2.24, 2.45) is 0 Å². The zero-order valence-electron chi connectivity index (χ0n) is 13.3. The minimum absolute atomic E-state index is 0.382. The maximum absolute atomic E-state index is 6.52. The normalized spacial score (nSPS) is 10.7. The number of hydrogen-bond donors (Lipinski definition) is 0. The van der Waals surface area contributed by atoms with Gasteiger partial charge in [-0.3, -0.25) is 0 Å². The maximum Gasteiger partial charge on any atom is 0.139 e. The van der Waals surface area contributed by atoms with Gasteiger partial charge in [0.25, 0.3) is 0 Å². The first kappa shape index (κ1) is 16.9.